The Hall–Kier alpha value is -2.91. The van der Waals surface area contributed by atoms with E-state index in [2.05, 4.69) is 4.79 Å². The summed E-state index contributed by atoms with van der Waals surface area (Å²) in [5.41, 5.74) is 10.4. The van der Waals surface area contributed by atoms with Crippen LogP contribution in [-0.2, 0) is 17.8 Å². The smallest absolute Gasteiger partial charge is 0.323 e. The molecule has 0 N–H and O–H groups in total. The van der Waals surface area contributed by atoms with Gasteiger partial charge in [0, 0.05) is 6.42 Å². The van der Waals surface area contributed by atoms with E-state index in [9.17, 15) is 4.79 Å². The molecule has 0 bridgehead atoms. The molecule has 0 atom stereocenters. The van der Waals surface area contributed by atoms with Gasteiger partial charge in [-0.15, -0.1) is 0 Å². The van der Waals surface area contributed by atoms with E-state index in [1.807, 2.05) is 48.5 Å². The van der Waals surface area contributed by atoms with Crippen LogP contribution in [0.5, 0.6) is 11.5 Å². The Kier molecular flexibility index (Phi) is 6.09. The van der Waals surface area contributed by atoms with Crippen molar-refractivity contribution in [2.45, 2.75) is 19.4 Å². The molecule has 2 aromatic rings. The predicted octanol–water partition coefficient (Wildman–Crippen LogP) is 3.08. The third kappa shape index (κ3) is 5.09. The third-order valence-corrected chi connectivity index (χ3v) is 3.33. The lowest BCUT2D eigenvalue weighted by molar-refractivity contribution is -0.116. The fraction of sp³-hybridized carbons (Fsp3) is 0.222. The van der Waals surface area contributed by atoms with E-state index >= 15 is 0 Å². The van der Waals surface area contributed by atoms with Crippen molar-refractivity contribution in [1.82, 2.24) is 0 Å². The van der Waals surface area contributed by atoms with E-state index < -0.39 is 0 Å². The highest BCUT2D eigenvalue weighted by Crippen LogP contribution is 2.29. The molecule has 0 fully saturated rings. The third-order valence-electron chi connectivity index (χ3n) is 3.33. The zero-order chi connectivity index (χ0) is 16.5. The van der Waals surface area contributed by atoms with Crippen molar-refractivity contribution < 1.29 is 19.1 Å². The second kappa shape index (κ2) is 8.51. The number of aryl methyl sites for hydroxylation is 1. The Morgan fingerprint density at radius 1 is 1.13 bits per heavy atom. The standard InChI is InChI=1S/C18H18N2O3/c1-22-17-10-8-14(7-9-16(21)12-20-19)11-18(17)23-13-15-5-3-2-4-6-15/h2-6,8,10-12H,7,9,13H2,1H3. The van der Waals surface area contributed by atoms with Crippen LogP contribution in [0.15, 0.2) is 48.5 Å². The average Bonchev–Trinajstić information content (AvgIpc) is 2.59. The summed E-state index contributed by atoms with van der Waals surface area (Å²) in [7, 11) is 1.59. The number of nitrogens with zero attached hydrogens (tertiary/aromatic N) is 2. The molecular weight excluding hydrogens is 292 g/mol. The zero-order valence-corrected chi connectivity index (χ0v) is 12.9. The van der Waals surface area contributed by atoms with E-state index in [0.717, 1.165) is 17.3 Å². The first-order chi connectivity index (χ1) is 11.2. The van der Waals surface area contributed by atoms with Crippen LogP contribution in [0.4, 0.5) is 0 Å². The van der Waals surface area contributed by atoms with Crippen molar-refractivity contribution in [3.8, 4) is 11.5 Å². The van der Waals surface area contributed by atoms with Gasteiger partial charge in [-0.05, 0) is 29.7 Å². The van der Waals surface area contributed by atoms with Crippen LogP contribution >= 0.6 is 0 Å². The summed E-state index contributed by atoms with van der Waals surface area (Å²) in [5, 5.41) is 0. The van der Waals surface area contributed by atoms with Gasteiger partial charge < -0.3 is 15.0 Å². The lowest BCUT2D eigenvalue weighted by Gasteiger charge is -2.12. The highest BCUT2D eigenvalue weighted by molar-refractivity contribution is 6.25. The van der Waals surface area contributed by atoms with Gasteiger partial charge in [0.1, 0.15) is 6.61 Å². The van der Waals surface area contributed by atoms with Crippen molar-refractivity contribution in [2.75, 3.05) is 7.11 Å². The summed E-state index contributed by atoms with van der Waals surface area (Å²) in [6, 6.07) is 15.4. The number of carbonyl (C=O) groups is 1. The summed E-state index contributed by atoms with van der Waals surface area (Å²) in [6.45, 7) is 0.441. The largest absolute Gasteiger partial charge is 0.493 e. The zero-order valence-electron chi connectivity index (χ0n) is 12.9. The molecule has 0 spiro atoms. The van der Waals surface area contributed by atoms with Gasteiger partial charge in [0.2, 0.25) is 5.78 Å². The maximum atomic E-state index is 11.4. The van der Waals surface area contributed by atoms with Crippen molar-refractivity contribution >= 4 is 12.0 Å². The molecule has 5 nitrogen and oxygen atoms in total. The van der Waals surface area contributed by atoms with Crippen LogP contribution in [-0.4, -0.2) is 23.9 Å². The van der Waals surface area contributed by atoms with Gasteiger partial charge in [-0.1, -0.05) is 36.4 Å². The second-order valence-electron chi connectivity index (χ2n) is 4.97. The van der Waals surface area contributed by atoms with Crippen LogP contribution in [0.25, 0.3) is 5.53 Å². The summed E-state index contributed by atoms with van der Waals surface area (Å²) < 4.78 is 11.1. The first-order valence-corrected chi connectivity index (χ1v) is 7.27. The molecule has 2 rings (SSSR count). The molecule has 0 heterocycles. The van der Waals surface area contributed by atoms with Crippen molar-refractivity contribution in [1.29, 1.82) is 0 Å². The Balaban J connectivity index is 2.06. The molecule has 23 heavy (non-hydrogen) atoms. The van der Waals surface area contributed by atoms with Crippen LogP contribution in [0.3, 0.4) is 0 Å². The fourth-order valence-corrected chi connectivity index (χ4v) is 2.12. The number of methoxy groups -OCH3 is 1. The van der Waals surface area contributed by atoms with E-state index in [4.69, 9.17) is 15.0 Å². The van der Waals surface area contributed by atoms with E-state index in [0.29, 0.717) is 24.5 Å². The summed E-state index contributed by atoms with van der Waals surface area (Å²) in [4.78, 5) is 14.1. The molecule has 0 aromatic heterocycles. The lowest BCUT2D eigenvalue weighted by Crippen LogP contribution is -2.03. The van der Waals surface area contributed by atoms with Crippen LogP contribution in [0, 0.1) is 0 Å². The molecule has 5 heteroatoms. The molecule has 0 aliphatic heterocycles. The van der Waals surface area contributed by atoms with E-state index in [1.165, 1.54) is 0 Å². The summed E-state index contributed by atoms with van der Waals surface area (Å²) >= 11 is 0. The minimum atomic E-state index is -0.227. The molecule has 0 radical (unpaired) electrons. The Morgan fingerprint density at radius 2 is 1.91 bits per heavy atom. The van der Waals surface area contributed by atoms with Crippen LogP contribution in [0.1, 0.15) is 17.5 Å². The molecule has 118 valence electrons. The van der Waals surface area contributed by atoms with Crippen molar-refractivity contribution in [3.05, 3.63) is 65.2 Å². The number of hydrogen-bond donors (Lipinski definition) is 0. The molecule has 0 amide bonds. The number of ketones is 1. The Labute approximate surface area is 135 Å². The fourth-order valence-electron chi connectivity index (χ4n) is 2.12. The topological polar surface area (TPSA) is 71.9 Å². The average molecular weight is 310 g/mol. The van der Waals surface area contributed by atoms with E-state index in [-0.39, 0.29) is 12.2 Å². The lowest BCUT2D eigenvalue weighted by atomic mass is 10.1. The minimum absolute atomic E-state index is 0.227. The molecule has 0 saturated carbocycles. The quantitative estimate of drug-likeness (QED) is 0.427. The van der Waals surface area contributed by atoms with Gasteiger partial charge in [-0.3, -0.25) is 4.79 Å². The second-order valence-corrected chi connectivity index (χ2v) is 4.97. The molecular formula is C18H18N2O3. The SMILES string of the molecule is COc1ccc(CCC(=O)C=[N+]=[N-])cc1OCc1ccccc1. The van der Waals surface area contributed by atoms with Gasteiger partial charge in [0.05, 0.1) is 7.11 Å². The monoisotopic (exact) mass is 310 g/mol. The van der Waals surface area contributed by atoms with E-state index in [1.54, 1.807) is 7.11 Å². The first-order valence-electron chi connectivity index (χ1n) is 7.27. The van der Waals surface area contributed by atoms with Crippen molar-refractivity contribution in [2.24, 2.45) is 0 Å². The van der Waals surface area contributed by atoms with Gasteiger partial charge in [0.25, 0.3) is 0 Å². The maximum absolute atomic E-state index is 11.4. The normalized spacial score (nSPS) is 9.78. The number of Topliss-reactive ketones (excluding diaryl/α,β-unsaturated/α-hetero) is 1. The number of rotatable bonds is 8. The maximum Gasteiger partial charge on any atom is 0.323 e. The number of benzene rings is 2. The highest BCUT2D eigenvalue weighted by atomic mass is 16.5. The predicted molar refractivity (Wildman–Crippen MR) is 86.8 cm³/mol. The number of hydrogen-bond acceptors (Lipinski definition) is 3. The molecule has 0 aliphatic carbocycles. The molecule has 0 saturated heterocycles. The Morgan fingerprint density at radius 3 is 2.61 bits per heavy atom. The number of ether oxygens (including phenoxy) is 2. The van der Waals surface area contributed by atoms with Crippen LogP contribution < -0.4 is 9.47 Å². The van der Waals surface area contributed by atoms with Gasteiger partial charge in [-0.2, -0.15) is 4.79 Å². The van der Waals surface area contributed by atoms with Crippen LogP contribution in [0.2, 0.25) is 0 Å². The minimum Gasteiger partial charge on any atom is -0.493 e. The number of carbonyl (C=O) groups excluding carboxylic acids is 1. The van der Waals surface area contributed by atoms with Gasteiger partial charge in [-0.25, -0.2) is 0 Å². The van der Waals surface area contributed by atoms with Gasteiger partial charge >= 0.3 is 6.21 Å². The first kappa shape index (κ1) is 16.5. The highest BCUT2D eigenvalue weighted by Gasteiger charge is 2.09. The molecule has 0 unspecified atom stereocenters. The van der Waals surface area contributed by atoms with Gasteiger partial charge in [0.15, 0.2) is 11.5 Å². The summed E-state index contributed by atoms with van der Waals surface area (Å²) in [5.74, 6) is 1.06. The molecule has 2 aromatic carbocycles. The summed E-state index contributed by atoms with van der Waals surface area (Å²) in [6.07, 6.45) is 1.72. The molecule has 0 aliphatic rings. The Bertz CT molecular complexity index is 707. The van der Waals surface area contributed by atoms with Crippen molar-refractivity contribution in [3.63, 3.8) is 0 Å².